The lowest BCUT2D eigenvalue weighted by Crippen LogP contribution is -2.38. The van der Waals surface area contributed by atoms with E-state index < -0.39 is 32.5 Å². The van der Waals surface area contributed by atoms with Gasteiger partial charge in [-0.05, 0) is 85.3 Å². The second-order valence-electron chi connectivity index (χ2n) is 8.90. The standard InChI is InChI=1S/C29H29N3O7S2/c1-21-9-18-28(39-3)27(19-21)31-40(34,35)25-14-10-22(11-15-25)30-29(33)20-32(23-7-5-4-6-8-23)41(36,37)26-16-12-24(38-2)13-17-26/h4-19,31H,20H2,1-3H3,(H,30,33). The molecule has 4 rings (SSSR count). The molecule has 0 bridgehead atoms. The highest BCUT2D eigenvalue weighted by molar-refractivity contribution is 7.93. The van der Waals surface area contributed by atoms with Gasteiger partial charge in [0.1, 0.15) is 18.0 Å². The normalized spacial score (nSPS) is 11.4. The van der Waals surface area contributed by atoms with Gasteiger partial charge >= 0.3 is 0 Å². The van der Waals surface area contributed by atoms with Gasteiger partial charge in [0, 0.05) is 5.69 Å². The smallest absolute Gasteiger partial charge is 0.264 e. The maximum Gasteiger partial charge on any atom is 0.264 e. The number of rotatable bonds is 11. The molecule has 0 aliphatic rings. The molecule has 0 aliphatic carbocycles. The number of sulfonamides is 2. The van der Waals surface area contributed by atoms with Crippen molar-refractivity contribution in [1.29, 1.82) is 0 Å². The van der Waals surface area contributed by atoms with Crippen molar-refractivity contribution in [2.75, 3.05) is 35.1 Å². The van der Waals surface area contributed by atoms with E-state index in [4.69, 9.17) is 9.47 Å². The minimum Gasteiger partial charge on any atom is -0.497 e. The molecule has 1 amide bonds. The summed E-state index contributed by atoms with van der Waals surface area (Å²) in [7, 11) is -5.15. The molecule has 0 spiro atoms. The third-order valence-corrected chi connectivity index (χ3v) is 9.20. The molecule has 0 radical (unpaired) electrons. The Hall–Kier alpha value is -4.55. The first kappa shape index (κ1) is 29.4. The van der Waals surface area contributed by atoms with Crippen molar-refractivity contribution in [2.45, 2.75) is 16.7 Å². The Bertz CT molecular complexity index is 1730. The molecular weight excluding hydrogens is 566 g/mol. The van der Waals surface area contributed by atoms with E-state index in [9.17, 15) is 21.6 Å². The topological polar surface area (TPSA) is 131 Å². The maximum atomic E-state index is 13.5. The molecule has 0 aliphatic heterocycles. The molecule has 0 saturated heterocycles. The molecule has 12 heteroatoms. The molecule has 4 aromatic carbocycles. The molecule has 10 nitrogen and oxygen atoms in total. The van der Waals surface area contributed by atoms with Crippen LogP contribution in [0.3, 0.4) is 0 Å². The zero-order valence-corrected chi connectivity index (χ0v) is 24.2. The predicted molar refractivity (Wildman–Crippen MR) is 158 cm³/mol. The SMILES string of the molecule is COc1ccc(S(=O)(=O)N(CC(=O)Nc2ccc(S(=O)(=O)Nc3cc(C)ccc3OC)cc2)c2ccccc2)cc1. The number of benzene rings is 4. The zero-order chi connectivity index (χ0) is 29.6. The van der Waals surface area contributed by atoms with E-state index >= 15 is 0 Å². The fraction of sp³-hybridized carbons (Fsp3) is 0.138. The lowest BCUT2D eigenvalue weighted by atomic mass is 10.2. The van der Waals surface area contributed by atoms with Gasteiger partial charge < -0.3 is 14.8 Å². The number of methoxy groups -OCH3 is 2. The van der Waals surface area contributed by atoms with Crippen molar-refractivity contribution in [1.82, 2.24) is 0 Å². The second-order valence-corrected chi connectivity index (χ2v) is 12.4. The van der Waals surface area contributed by atoms with Crippen LogP contribution in [-0.4, -0.2) is 43.5 Å². The van der Waals surface area contributed by atoms with E-state index in [1.807, 2.05) is 6.92 Å². The largest absolute Gasteiger partial charge is 0.497 e. The van der Waals surface area contributed by atoms with Crippen molar-refractivity contribution < 1.29 is 31.1 Å². The number of hydrogen-bond donors (Lipinski definition) is 2. The summed E-state index contributed by atoms with van der Waals surface area (Å²) in [6.45, 7) is 1.31. The molecular formula is C29H29N3O7S2. The number of amides is 1. The Morgan fingerprint density at radius 2 is 1.41 bits per heavy atom. The Morgan fingerprint density at radius 3 is 2.02 bits per heavy atom. The van der Waals surface area contributed by atoms with Crippen molar-refractivity contribution in [3.05, 3.63) is 103 Å². The summed E-state index contributed by atoms with van der Waals surface area (Å²) < 4.78 is 66.8. The van der Waals surface area contributed by atoms with Crippen LogP contribution in [0.25, 0.3) is 0 Å². The van der Waals surface area contributed by atoms with Crippen LogP contribution in [0.2, 0.25) is 0 Å². The molecule has 214 valence electrons. The molecule has 0 atom stereocenters. The summed E-state index contributed by atoms with van der Waals surface area (Å²) in [5, 5.41) is 2.64. The first-order valence-electron chi connectivity index (χ1n) is 12.3. The summed E-state index contributed by atoms with van der Waals surface area (Å²) in [6.07, 6.45) is 0. The summed E-state index contributed by atoms with van der Waals surface area (Å²) in [4.78, 5) is 13.0. The van der Waals surface area contributed by atoms with Crippen LogP contribution in [0.15, 0.2) is 107 Å². The van der Waals surface area contributed by atoms with Crippen molar-refractivity contribution in [3.63, 3.8) is 0 Å². The highest BCUT2D eigenvalue weighted by Crippen LogP contribution is 2.29. The van der Waals surface area contributed by atoms with Crippen LogP contribution in [-0.2, 0) is 24.8 Å². The molecule has 0 saturated carbocycles. The van der Waals surface area contributed by atoms with E-state index in [0.717, 1.165) is 9.87 Å². The van der Waals surface area contributed by atoms with Crippen LogP contribution >= 0.6 is 0 Å². The van der Waals surface area contributed by atoms with Gasteiger partial charge in [-0.2, -0.15) is 0 Å². The summed E-state index contributed by atoms with van der Waals surface area (Å²) >= 11 is 0. The van der Waals surface area contributed by atoms with Crippen molar-refractivity contribution in [3.8, 4) is 11.5 Å². The number of carbonyl (C=O) groups excluding carboxylic acids is 1. The molecule has 0 aromatic heterocycles. The van der Waals surface area contributed by atoms with Crippen molar-refractivity contribution >= 4 is 43.0 Å². The summed E-state index contributed by atoms with van der Waals surface area (Å²) in [6, 6.07) is 24.7. The van der Waals surface area contributed by atoms with E-state index in [1.54, 1.807) is 48.5 Å². The minimum atomic E-state index is -4.11. The summed E-state index contributed by atoms with van der Waals surface area (Å²) in [5.74, 6) is 0.242. The first-order valence-corrected chi connectivity index (χ1v) is 15.2. The molecule has 41 heavy (non-hydrogen) atoms. The predicted octanol–water partition coefficient (Wildman–Crippen LogP) is 4.65. The Morgan fingerprint density at radius 1 is 0.780 bits per heavy atom. The Balaban J connectivity index is 1.52. The number of nitrogens with one attached hydrogen (secondary N) is 2. The average Bonchev–Trinajstić information content (AvgIpc) is 2.96. The molecule has 0 fully saturated rings. The highest BCUT2D eigenvalue weighted by Gasteiger charge is 2.27. The van der Waals surface area contributed by atoms with Gasteiger partial charge in [-0.1, -0.05) is 24.3 Å². The summed E-state index contributed by atoms with van der Waals surface area (Å²) in [5.41, 5.74) is 1.73. The number of carbonyl (C=O) groups is 1. The fourth-order valence-corrected chi connectivity index (χ4v) is 6.42. The quantitative estimate of drug-likeness (QED) is 0.258. The van der Waals surface area contributed by atoms with E-state index in [0.29, 0.717) is 22.9 Å². The Kier molecular flexibility index (Phi) is 8.84. The van der Waals surface area contributed by atoms with Crippen LogP contribution in [0, 0.1) is 6.92 Å². The third kappa shape index (κ3) is 6.97. The number of aryl methyl sites for hydroxylation is 1. The van der Waals surface area contributed by atoms with Gasteiger partial charge in [0.15, 0.2) is 0 Å². The van der Waals surface area contributed by atoms with Crippen LogP contribution in [0.5, 0.6) is 11.5 Å². The van der Waals surface area contributed by atoms with E-state index in [-0.39, 0.29) is 15.5 Å². The number of nitrogens with zero attached hydrogens (tertiary/aromatic N) is 1. The van der Waals surface area contributed by atoms with Crippen molar-refractivity contribution in [2.24, 2.45) is 0 Å². The lowest BCUT2D eigenvalue weighted by Gasteiger charge is -2.24. The average molecular weight is 596 g/mol. The molecule has 0 heterocycles. The Labute approximate surface area is 239 Å². The maximum absolute atomic E-state index is 13.5. The first-order chi connectivity index (χ1) is 19.5. The number of hydrogen-bond acceptors (Lipinski definition) is 7. The second kappa shape index (κ2) is 12.3. The van der Waals surface area contributed by atoms with Gasteiger partial charge in [0.25, 0.3) is 20.0 Å². The lowest BCUT2D eigenvalue weighted by molar-refractivity contribution is -0.114. The number of anilines is 3. The van der Waals surface area contributed by atoms with Gasteiger partial charge in [-0.3, -0.25) is 13.8 Å². The molecule has 0 unspecified atom stereocenters. The fourth-order valence-electron chi connectivity index (χ4n) is 3.94. The number of para-hydroxylation sites is 1. The van der Waals surface area contributed by atoms with Gasteiger partial charge in [-0.25, -0.2) is 16.8 Å². The van der Waals surface area contributed by atoms with E-state index in [1.165, 1.54) is 62.8 Å². The molecule has 4 aromatic rings. The van der Waals surface area contributed by atoms with Gasteiger partial charge in [0.05, 0.1) is 35.4 Å². The van der Waals surface area contributed by atoms with E-state index in [2.05, 4.69) is 10.0 Å². The van der Waals surface area contributed by atoms with Crippen LogP contribution in [0.4, 0.5) is 17.1 Å². The third-order valence-electron chi connectivity index (χ3n) is 6.03. The molecule has 2 N–H and O–H groups in total. The van der Waals surface area contributed by atoms with Crippen LogP contribution in [0.1, 0.15) is 5.56 Å². The van der Waals surface area contributed by atoms with Crippen LogP contribution < -0.4 is 23.8 Å². The highest BCUT2D eigenvalue weighted by atomic mass is 32.2. The van der Waals surface area contributed by atoms with Gasteiger partial charge in [-0.15, -0.1) is 0 Å². The van der Waals surface area contributed by atoms with Gasteiger partial charge in [0.2, 0.25) is 5.91 Å². The monoisotopic (exact) mass is 595 g/mol. The number of ether oxygens (including phenoxy) is 2. The zero-order valence-electron chi connectivity index (χ0n) is 22.6. The minimum absolute atomic E-state index is 0.0118.